The SMILES string of the molecule is CCC(CC)N1C(=O)CC(NCCC(C)C)C1=O. The summed E-state index contributed by atoms with van der Waals surface area (Å²) in [5, 5.41) is 3.21. The van der Waals surface area contributed by atoms with E-state index in [4.69, 9.17) is 0 Å². The summed E-state index contributed by atoms with van der Waals surface area (Å²) in [6, 6.07) is -0.223. The van der Waals surface area contributed by atoms with E-state index >= 15 is 0 Å². The molecule has 1 saturated heterocycles. The summed E-state index contributed by atoms with van der Waals surface area (Å²) in [6.07, 6.45) is 3.04. The molecule has 1 N–H and O–H groups in total. The van der Waals surface area contributed by atoms with Crippen LogP contribution in [0.4, 0.5) is 0 Å². The van der Waals surface area contributed by atoms with Gasteiger partial charge in [-0.3, -0.25) is 14.5 Å². The van der Waals surface area contributed by atoms with Crippen molar-refractivity contribution < 1.29 is 9.59 Å². The van der Waals surface area contributed by atoms with Crippen LogP contribution >= 0.6 is 0 Å². The van der Waals surface area contributed by atoms with Crippen LogP contribution < -0.4 is 5.32 Å². The molecule has 2 amide bonds. The zero-order chi connectivity index (χ0) is 13.7. The first kappa shape index (κ1) is 15.2. The van der Waals surface area contributed by atoms with Gasteiger partial charge in [0, 0.05) is 6.04 Å². The van der Waals surface area contributed by atoms with Crippen LogP contribution in [0.1, 0.15) is 53.4 Å². The Balaban J connectivity index is 2.55. The lowest BCUT2D eigenvalue weighted by atomic mass is 10.1. The Bertz CT molecular complexity index is 298. The molecule has 1 atom stereocenters. The number of carbonyl (C=O) groups is 2. The molecule has 0 aromatic carbocycles. The fourth-order valence-corrected chi connectivity index (χ4v) is 2.39. The van der Waals surface area contributed by atoms with Crippen molar-refractivity contribution in [3.63, 3.8) is 0 Å². The second-order valence-electron chi connectivity index (χ2n) is 5.47. The molecular formula is C14H26N2O2. The molecule has 1 aliphatic heterocycles. The van der Waals surface area contributed by atoms with Crippen LogP contribution in [0.2, 0.25) is 0 Å². The fraction of sp³-hybridized carbons (Fsp3) is 0.857. The summed E-state index contributed by atoms with van der Waals surface area (Å²) < 4.78 is 0. The summed E-state index contributed by atoms with van der Waals surface area (Å²) in [4.78, 5) is 25.6. The maximum Gasteiger partial charge on any atom is 0.247 e. The van der Waals surface area contributed by atoms with Gasteiger partial charge >= 0.3 is 0 Å². The summed E-state index contributed by atoms with van der Waals surface area (Å²) in [5.41, 5.74) is 0. The van der Waals surface area contributed by atoms with Crippen LogP contribution in [-0.2, 0) is 9.59 Å². The number of nitrogens with one attached hydrogen (secondary N) is 1. The summed E-state index contributed by atoms with van der Waals surface area (Å²) >= 11 is 0. The van der Waals surface area contributed by atoms with Crippen molar-refractivity contribution in [2.45, 2.75) is 65.5 Å². The van der Waals surface area contributed by atoms with Crippen LogP contribution in [0.3, 0.4) is 0 Å². The molecular weight excluding hydrogens is 228 g/mol. The largest absolute Gasteiger partial charge is 0.305 e. The van der Waals surface area contributed by atoms with Gasteiger partial charge in [-0.25, -0.2) is 0 Å². The number of nitrogens with zero attached hydrogens (tertiary/aromatic N) is 1. The van der Waals surface area contributed by atoms with E-state index in [2.05, 4.69) is 19.2 Å². The van der Waals surface area contributed by atoms with Crippen LogP contribution in [0, 0.1) is 5.92 Å². The molecule has 4 heteroatoms. The second kappa shape index (κ2) is 6.88. The Morgan fingerprint density at radius 3 is 2.39 bits per heavy atom. The van der Waals surface area contributed by atoms with E-state index in [1.165, 1.54) is 4.90 Å². The molecule has 104 valence electrons. The highest BCUT2D eigenvalue weighted by Gasteiger charge is 2.40. The average Bonchev–Trinajstić information content (AvgIpc) is 2.58. The van der Waals surface area contributed by atoms with Crippen molar-refractivity contribution in [1.29, 1.82) is 0 Å². The van der Waals surface area contributed by atoms with E-state index in [-0.39, 0.29) is 23.9 Å². The molecule has 0 saturated carbocycles. The van der Waals surface area contributed by atoms with Crippen LogP contribution in [0.15, 0.2) is 0 Å². The number of imide groups is 1. The molecule has 18 heavy (non-hydrogen) atoms. The highest BCUT2D eigenvalue weighted by molar-refractivity contribution is 6.05. The number of likely N-dealkylation sites (tertiary alicyclic amines) is 1. The molecule has 4 nitrogen and oxygen atoms in total. The van der Waals surface area contributed by atoms with Gasteiger partial charge in [0.1, 0.15) is 0 Å². The molecule has 0 aromatic rings. The predicted molar refractivity (Wildman–Crippen MR) is 72.1 cm³/mol. The van der Waals surface area contributed by atoms with Gasteiger partial charge in [0.15, 0.2) is 0 Å². The van der Waals surface area contributed by atoms with Gasteiger partial charge in [-0.2, -0.15) is 0 Å². The maximum absolute atomic E-state index is 12.2. The third kappa shape index (κ3) is 3.55. The lowest BCUT2D eigenvalue weighted by Crippen LogP contribution is -2.43. The zero-order valence-electron chi connectivity index (χ0n) is 12.0. The first-order valence-electron chi connectivity index (χ1n) is 7.10. The van der Waals surface area contributed by atoms with Crippen LogP contribution in [0.25, 0.3) is 0 Å². The van der Waals surface area contributed by atoms with Crippen molar-refractivity contribution in [3.8, 4) is 0 Å². The summed E-state index contributed by atoms with van der Waals surface area (Å²) in [6.45, 7) is 9.15. The summed E-state index contributed by atoms with van der Waals surface area (Å²) in [7, 11) is 0. The predicted octanol–water partition coefficient (Wildman–Crippen LogP) is 1.94. The normalized spacial score (nSPS) is 20.6. The van der Waals surface area contributed by atoms with E-state index < -0.39 is 0 Å². The monoisotopic (exact) mass is 254 g/mol. The average molecular weight is 254 g/mol. The van der Waals surface area contributed by atoms with Crippen LogP contribution in [-0.4, -0.2) is 35.3 Å². The number of rotatable bonds is 7. The summed E-state index contributed by atoms with van der Waals surface area (Å²) in [5.74, 6) is 0.563. The third-order valence-corrected chi connectivity index (χ3v) is 3.60. The Hall–Kier alpha value is -0.900. The molecule has 1 unspecified atom stereocenters. The quantitative estimate of drug-likeness (QED) is 0.706. The van der Waals surface area contributed by atoms with Gasteiger partial charge in [0.05, 0.1) is 12.5 Å². The number of hydrogen-bond donors (Lipinski definition) is 1. The molecule has 1 fully saturated rings. The molecule has 1 heterocycles. The Morgan fingerprint density at radius 1 is 1.28 bits per heavy atom. The highest BCUT2D eigenvalue weighted by Crippen LogP contribution is 2.20. The van der Waals surface area contributed by atoms with Crippen molar-refractivity contribution in [3.05, 3.63) is 0 Å². The third-order valence-electron chi connectivity index (χ3n) is 3.60. The number of carbonyl (C=O) groups excluding carboxylic acids is 2. The van der Waals surface area contributed by atoms with Crippen molar-refractivity contribution in [2.75, 3.05) is 6.54 Å². The standard InChI is InChI=1S/C14H26N2O2/c1-5-11(6-2)16-13(17)9-12(14(16)18)15-8-7-10(3)4/h10-12,15H,5-9H2,1-4H3. The molecule has 0 spiro atoms. The molecule has 1 aliphatic rings. The van der Waals surface area contributed by atoms with Gasteiger partial charge in [-0.15, -0.1) is 0 Å². The smallest absolute Gasteiger partial charge is 0.247 e. The van der Waals surface area contributed by atoms with Crippen molar-refractivity contribution in [1.82, 2.24) is 10.2 Å². The van der Waals surface area contributed by atoms with E-state index in [1.807, 2.05) is 13.8 Å². The molecule has 0 radical (unpaired) electrons. The van der Waals surface area contributed by atoms with Crippen LogP contribution in [0.5, 0.6) is 0 Å². The van der Waals surface area contributed by atoms with Crippen molar-refractivity contribution in [2.24, 2.45) is 5.92 Å². The Labute approximate surface area is 110 Å². The maximum atomic E-state index is 12.2. The minimum Gasteiger partial charge on any atom is -0.305 e. The van der Waals surface area contributed by atoms with E-state index in [9.17, 15) is 9.59 Å². The molecule has 0 bridgehead atoms. The molecule has 0 aromatic heterocycles. The lowest BCUT2D eigenvalue weighted by molar-refractivity contribution is -0.141. The fourth-order valence-electron chi connectivity index (χ4n) is 2.39. The van der Waals surface area contributed by atoms with Gasteiger partial charge in [-0.05, 0) is 31.7 Å². The van der Waals surface area contributed by atoms with Gasteiger partial charge in [-0.1, -0.05) is 27.7 Å². The number of hydrogen-bond acceptors (Lipinski definition) is 3. The Kier molecular flexibility index (Phi) is 5.79. The second-order valence-corrected chi connectivity index (χ2v) is 5.47. The first-order valence-corrected chi connectivity index (χ1v) is 7.10. The van der Waals surface area contributed by atoms with E-state index in [0.717, 1.165) is 25.8 Å². The molecule has 0 aliphatic carbocycles. The first-order chi connectivity index (χ1) is 8.51. The molecule has 1 rings (SSSR count). The van der Waals surface area contributed by atoms with Gasteiger partial charge in [0.2, 0.25) is 11.8 Å². The lowest BCUT2D eigenvalue weighted by Gasteiger charge is -2.24. The van der Waals surface area contributed by atoms with Gasteiger partial charge in [0.25, 0.3) is 0 Å². The highest BCUT2D eigenvalue weighted by atomic mass is 16.2. The topological polar surface area (TPSA) is 49.4 Å². The van der Waals surface area contributed by atoms with Crippen molar-refractivity contribution >= 4 is 11.8 Å². The minimum absolute atomic E-state index is 0.0178. The Morgan fingerprint density at radius 2 is 1.89 bits per heavy atom. The minimum atomic E-state index is -0.295. The number of amides is 2. The van der Waals surface area contributed by atoms with E-state index in [1.54, 1.807) is 0 Å². The van der Waals surface area contributed by atoms with Gasteiger partial charge < -0.3 is 5.32 Å². The van der Waals surface area contributed by atoms with E-state index in [0.29, 0.717) is 12.3 Å². The zero-order valence-corrected chi connectivity index (χ0v) is 12.0.